The lowest BCUT2D eigenvalue weighted by molar-refractivity contribution is 0.217. The summed E-state index contributed by atoms with van der Waals surface area (Å²) in [7, 11) is 0. The molecule has 1 nitrogen and oxygen atoms in total. The molecule has 2 heteroatoms. The fourth-order valence-electron chi connectivity index (χ4n) is 4.43. The minimum absolute atomic E-state index is 0.256. The molecule has 0 bridgehead atoms. The van der Waals surface area contributed by atoms with E-state index in [-0.39, 0.29) is 5.41 Å². The standard InChI is InChI=1S/C23H27NS/c1-14(2)18-10-11-19-21-20(12-16(4)23(19,5)13-18)24-22(25-21)17-8-6-15(3)7-9-17/h6-9,11,16,18H,1,10,12-13H2,2-5H3/t16-,18-,23+/m1/s1. The zero-order chi connectivity index (χ0) is 17.8. The number of rotatable bonds is 2. The third-order valence-corrected chi connectivity index (χ3v) is 7.60. The molecule has 2 aliphatic rings. The van der Waals surface area contributed by atoms with Crippen LogP contribution in [0.25, 0.3) is 16.1 Å². The monoisotopic (exact) mass is 349 g/mol. The molecule has 0 radical (unpaired) electrons. The Bertz CT molecular complexity index is 855. The number of aromatic nitrogens is 1. The van der Waals surface area contributed by atoms with Crippen LogP contribution in [0.1, 0.15) is 49.7 Å². The molecule has 130 valence electrons. The highest BCUT2D eigenvalue weighted by atomic mass is 32.1. The van der Waals surface area contributed by atoms with Gasteiger partial charge in [0.15, 0.2) is 0 Å². The van der Waals surface area contributed by atoms with Gasteiger partial charge in [0.05, 0.1) is 10.6 Å². The van der Waals surface area contributed by atoms with Crippen LogP contribution in [-0.4, -0.2) is 4.98 Å². The molecule has 0 spiro atoms. The van der Waals surface area contributed by atoms with Crippen LogP contribution < -0.4 is 0 Å². The minimum Gasteiger partial charge on any atom is -0.240 e. The van der Waals surface area contributed by atoms with Gasteiger partial charge in [0, 0.05) is 5.56 Å². The molecule has 0 amide bonds. The van der Waals surface area contributed by atoms with Crippen LogP contribution in [0.5, 0.6) is 0 Å². The van der Waals surface area contributed by atoms with Crippen LogP contribution in [0.2, 0.25) is 0 Å². The average Bonchev–Trinajstić information content (AvgIpc) is 2.99. The normalized spacial score (nSPS) is 28.1. The molecule has 0 saturated carbocycles. The van der Waals surface area contributed by atoms with E-state index in [0.29, 0.717) is 11.8 Å². The van der Waals surface area contributed by atoms with Gasteiger partial charge < -0.3 is 0 Å². The number of allylic oxidation sites excluding steroid dienone is 3. The van der Waals surface area contributed by atoms with Gasteiger partial charge in [-0.2, -0.15) is 0 Å². The van der Waals surface area contributed by atoms with Crippen molar-refractivity contribution in [3.8, 4) is 10.6 Å². The average molecular weight is 350 g/mol. The quantitative estimate of drug-likeness (QED) is 0.551. The zero-order valence-corrected chi connectivity index (χ0v) is 16.5. The number of hydrogen-bond acceptors (Lipinski definition) is 2. The number of aryl methyl sites for hydroxylation is 1. The summed E-state index contributed by atoms with van der Waals surface area (Å²) >= 11 is 1.89. The summed E-state index contributed by atoms with van der Waals surface area (Å²) in [5.41, 5.74) is 6.99. The summed E-state index contributed by atoms with van der Waals surface area (Å²) in [6.45, 7) is 13.4. The van der Waals surface area contributed by atoms with E-state index in [2.05, 4.69) is 64.6 Å². The fraction of sp³-hybridized carbons (Fsp3) is 0.435. The summed E-state index contributed by atoms with van der Waals surface area (Å²) in [4.78, 5) is 6.48. The van der Waals surface area contributed by atoms with Gasteiger partial charge in [-0.1, -0.05) is 61.9 Å². The molecule has 0 unspecified atom stereocenters. The number of fused-ring (bicyclic) bond motifs is 3. The van der Waals surface area contributed by atoms with Gasteiger partial charge in [0.25, 0.3) is 0 Å². The second-order valence-corrected chi connectivity index (χ2v) is 9.28. The van der Waals surface area contributed by atoms with E-state index >= 15 is 0 Å². The second-order valence-electron chi connectivity index (χ2n) is 8.28. The van der Waals surface area contributed by atoms with Crippen molar-refractivity contribution in [3.05, 3.63) is 58.6 Å². The number of benzene rings is 1. The molecular formula is C23H27NS. The molecule has 0 N–H and O–H groups in total. The van der Waals surface area contributed by atoms with Crippen molar-refractivity contribution in [1.82, 2.24) is 4.98 Å². The molecule has 0 fully saturated rings. The van der Waals surface area contributed by atoms with Gasteiger partial charge >= 0.3 is 0 Å². The minimum atomic E-state index is 0.256. The van der Waals surface area contributed by atoms with Crippen LogP contribution in [0.4, 0.5) is 0 Å². The van der Waals surface area contributed by atoms with Crippen LogP contribution in [-0.2, 0) is 6.42 Å². The topological polar surface area (TPSA) is 12.9 Å². The molecule has 3 atom stereocenters. The number of thiazole rings is 1. The largest absolute Gasteiger partial charge is 0.240 e. The van der Waals surface area contributed by atoms with Crippen molar-refractivity contribution in [1.29, 1.82) is 0 Å². The highest BCUT2D eigenvalue weighted by Crippen LogP contribution is 2.57. The molecule has 1 aromatic carbocycles. The molecule has 4 rings (SSSR count). The Balaban J connectivity index is 1.78. The Labute approximate surface area is 155 Å². The number of nitrogens with zero attached hydrogens (tertiary/aromatic N) is 1. The highest BCUT2D eigenvalue weighted by Gasteiger charge is 2.45. The maximum atomic E-state index is 5.04. The van der Waals surface area contributed by atoms with Gasteiger partial charge in [-0.3, -0.25) is 0 Å². The Morgan fingerprint density at radius 2 is 2.00 bits per heavy atom. The summed E-state index contributed by atoms with van der Waals surface area (Å²) in [6, 6.07) is 8.77. The molecular weight excluding hydrogens is 322 g/mol. The van der Waals surface area contributed by atoms with Crippen LogP contribution in [0.15, 0.2) is 42.5 Å². The van der Waals surface area contributed by atoms with E-state index in [1.54, 1.807) is 5.57 Å². The maximum absolute atomic E-state index is 5.04. The van der Waals surface area contributed by atoms with Gasteiger partial charge in [-0.15, -0.1) is 11.3 Å². The summed E-state index contributed by atoms with van der Waals surface area (Å²) < 4.78 is 0. The van der Waals surface area contributed by atoms with E-state index in [4.69, 9.17) is 4.98 Å². The lowest BCUT2D eigenvalue weighted by Crippen LogP contribution is -2.36. The molecule has 1 aromatic heterocycles. The van der Waals surface area contributed by atoms with Gasteiger partial charge in [0.1, 0.15) is 5.01 Å². The first-order chi connectivity index (χ1) is 11.9. The molecule has 0 saturated heterocycles. The third-order valence-electron chi connectivity index (χ3n) is 6.42. The van der Waals surface area contributed by atoms with Crippen molar-refractivity contribution in [2.75, 3.05) is 0 Å². The lowest BCUT2D eigenvalue weighted by atomic mass is 9.59. The predicted octanol–water partition coefficient (Wildman–Crippen LogP) is 6.69. The van der Waals surface area contributed by atoms with Crippen LogP contribution in [0, 0.1) is 24.2 Å². The summed E-state index contributed by atoms with van der Waals surface area (Å²) in [5.74, 6) is 1.25. The SMILES string of the molecule is C=C(C)[C@@H]1CC=C2c3sc(-c4ccc(C)cc4)nc3C[C@@H](C)[C@]2(C)C1. The second kappa shape index (κ2) is 5.95. The van der Waals surface area contributed by atoms with E-state index in [9.17, 15) is 0 Å². The predicted molar refractivity (Wildman–Crippen MR) is 109 cm³/mol. The van der Waals surface area contributed by atoms with Gasteiger partial charge in [-0.05, 0) is 55.9 Å². The van der Waals surface area contributed by atoms with Gasteiger partial charge in [-0.25, -0.2) is 4.98 Å². The molecule has 25 heavy (non-hydrogen) atoms. The molecule has 2 aliphatic carbocycles. The molecule has 0 aliphatic heterocycles. The van der Waals surface area contributed by atoms with E-state index in [1.807, 2.05) is 11.3 Å². The Kier molecular flexibility index (Phi) is 3.99. The first-order valence-electron chi connectivity index (χ1n) is 9.31. The zero-order valence-electron chi connectivity index (χ0n) is 15.7. The van der Waals surface area contributed by atoms with Crippen molar-refractivity contribution in [2.24, 2.45) is 17.3 Å². The fourth-order valence-corrected chi connectivity index (χ4v) is 5.70. The first kappa shape index (κ1) is 16.8. The number of hydrogen-bond donors (Lipinski definition) is 0. The lowest BCUT2D eigenvalue weighted by Gasteiger charge is -2.46. The Morgan fingerprint density at radius 3 is 2.68 bits per heavy atom. The van der Waals surface area contributed by atoms with Crippen molar-refractivity contribution in [2.45, 2.75) is 47.0 Å². The van der Waals surface area contributed by atoms with Crippen LogP contribution in [0.3, 0.4) is 0 Å². The van der Waals surface area contributed by atoms with Gasteiger partial charge in [0.2, 0.25) is 0 Å². The highest BCUT2D eigenvalue weighted by molar-refractivity contribution is 7.16. The Morgan fingerprint density at radius 1 is 1.28 bits per heavy atom. The third kappa shape index (κ3) is 2.71. The summed E-state index contributed by atoms with van der Waals surface area (Å²) in [6.07, 6.45) is 5.94. The van der Waals surface area contributed by atoms with E-state index < -0.39 is 0 Å². The maximum Gasteiger partial charge on any atom is 0.124 e. The molecule has 2 aromatic rings. The van der Waals surface area contributed by atoms with E-state index in [1.165, 1.54) is 38.7 Å². The first-order valence-corrected chi connectivity index (χ1v) is 10.1. The van der Waals surface area contributed by atoms with E-state index in [0.717, 1.165) is 12.8 Å². The van der Waals surface area contributed by atoms with Crippen LogP contribution >= 0.6 is 11.3 Å². The Hall–Kier alpha value is -1.67. The smallest absolute Gasteiger partial charge is 0.124 e. The summed E-state index contributed by atoms with van der Waals surface area (Å²) in [5, 5.41) is 1.17. The molecule has 1 heterocycles. The van der Waals surface area contributed by atoms with Crippen molar-refractivity contribution >= 4 is 16.9 Å². The van der Waals surface area contributed by atoms with Crippen molar-refractivity contribution in [3.63, 3.8) is 0 Å². The van der Waals surface area contributed by atoms with Crippen molar-refractivity contribution < 1.29 is 0 Å².